The molecule has 0 atom stereocenters. The van der Waals surface area contributed by atoms with Gasteiger partial charge < -0.3 is 0 Å². The number of urea groups is 1. The third-order valence-corrected chi connectivity index (χ3v) is 5.71. The van der Waals surface area contributed by atoms with Gasteiger partial charge in [-0.2, -0.15) is 10.4 Å². The minimum absolute atomic E-state index is 0.0387. The van der Waals surface area contributed by atoms with Crippen molar-refractivity contribution in [3.05, 3.63) is 71.4 Å². The van der Waals surface area contributed by atoms with Crippen LogP contribution in [-0.4, -0.2) is 24.2 Å². The number of nitrogens with zero attached hydrogens (tertiary/aromatic N) is 3. The fraction of sp³-hybridized carbons (Fsp3) is 0.190. The Morgan fingerprint density at radius 3 is 2.30 bits per heavy atom. The highest BCUT2D eigenvalue weighted by Gasteiger charge is 2.24. The fourth-order valence-electron chi connectivity index (χ4n) is 2.85. The van der Waals surface area contributed by atoms with E-state index in [1.807, 2.05) is 31.6 Å². The number of aromatic nitrogens is 2. The second kappa shape index (κ2) is 8.39. The van der Waals surface area contributed by atoms with Crippen LogP contribution in [0, 0.1) is 18.3 Å². The maximum atomic E-state index is 12.5. The molecule has 2 amide bonds. The predicted octanol–water partition coefficient (Wildman–Crippen LogP) is 3.69. The van der Waals surface area contributed by atoms with Crippen LogP contribution >= 0.6 is 0 Å². The van der Waals surface area contributed by atoms with Gasteiger partial charge in [0.1, 0.15) is 11.6 Å². The van der Waals surface area contributed by atoms with E-state index in [4.69, 9.17) is 0 Å². The molecule has 2 N–H and O–H groups in total. The molecule has 1 heterocycles. The molecular weight excluding hydrogens is 402 g/mol. The number of nitriles is 1. The van der Waals surface area contributed by atoms with Gasteiger partial charge >= 0.3 is 6.03 Å². The number of hydrogen-bond acceptors (Lipinski definition) is 5. The molecule has 0 aliphatic carbocycles. The zero-order valence-electron chi connectivity index (χ0n) is 16.7. The summed E-state index contributed by atoms with van der Waals surface area (Å²) in [5.74, 6) is 0.0218. The van der Waals surface area contributed by atoms with Crippen LogP contribution in [0.25, 0.3) is 5.69 Å². The highest BCUT2D eigenvalue weighted by Crippen LogP contribution is 2.28. The van der Waals surface area contributed by atoms with Crippen LogP contribution in [0.5, 0.6) is 0 Å². The van der Waals surface area contributed by atoms with Gasteiger partial charge in [0.05, 0.1) is 16.3 Å². The second-order valence-electron chi connectivity index (χ2n) is 7.00. The van der Waals surface area contributed by atoms with E-state index in [0.717, 1.165) is 5.56 Å². The van der Waals surface area contributed by atoms with Crippen molar-refractivity contribution in [1.29, 1.82) is 5.26 Å². The Morgan fingerprint density at radius 1 is 1.10 bits per heavy atom. The molecule has 2 aromatic carbocycles. The molecule has 30 heavy (non-hydrogen) atoms. The summed E-state index contributed by atoms with van der Waals surface area (Å²) < 4.78 is 28.4. The number of amides is 2. The lowest BCUT2D eigenvalue weighted by Crippen LogP contribution is -2.35. The molecule has 0 fully saturated rings. The maximum Gasteiger partial charge on any atom is 0.334 e. The zero-order valence-corrected chi connectivity index (χ0v) is 17.6. The van der Waals surface area contributed by atoms with Gasteiger partial charge in [0.15, 0.2) is 5.82 Å². The lowest BCUT2D eigenvalue weighted by molar-refractivity contribution is 0.256. The number of hydrogen-bond donors (Lipinski definition) is 2. The molecule has 0 saturated heterocycles. The molecule has 9 heteroatoms. The Balaban J connectivity index is 1.96. The molecule has 0 bridgehead atoms. The number of carbonyl (C=O) groups excluding carboxylic acids is 1. The molecule has 0 aliphatic rings. The van der Waals surface area contributed by atoms with E-state index in [1.165, 1.54) is 16.8 Å². The van der Waals surface area contributed by atoms with Gasteiger partial charge in [-0.05, 0) is 37.1 Å². The first-order valence-corrected chi connectivity index (χ1v) is 10.7. The summed E-state index contributed by atoms with van der Waals surface area (Å²) >= 11 is 0. The van der Waals surface area contributed by atoms with Gasteiger partial charge in [0.2, 0.25) is 0 Å². The van der Waals surface area contributed by atoms with Crippen molar-refractivity contribution < 1.29 is 13.2 Å². The van der Waals surface area contributed by atoms with Gasteiger partial charge in [-0.1, -0.05) is 49.7 Å². The summed E-state index contributed by atoms with van der Waals surface area (Å²) in [4.78, 5) is 12.5. The van der Waals surface area contributed by atoms with E-state index in [2.05, 4.69) is 16.5 Å². The molecule has 3 aromatic rings. The van der Waals surface area contributed by atoms with Gasteiger partial charge in [-0.25, -0.2) is 22.6 Å². The van der Waals surface area contributed by atoms with Crippen molar-refractivity contribution >= 4 is 21.9 Å². The number of nitrogens with one attached hydrogen (secondary N) is 2. The molecule has 0 unspecified atom stereocenters. The number of rotatable bonds is 5. The van der Waals surface area contributed by atoms with Crippen molar-refractivity contribution in [2.45, 2.75) is 31.6 Å². The number of para-hydroxylation sites is 1. The quantitative estimate of drug-likeness (QED) is 0.649. The van der Waals surface area contributed by atoms with E-state index in [-0.39, 0.29) is 22.2 Å². The summed E-state index contributed by atoms with van der Waals surface area (Å²) in [6.45, 7) is 5.59. The topological polar surface area (TPSA) is 117 Å². The van der Waals surface area contributed by atoms with E-state index in [0.29, 0.717) is 11.4 Å². The van der Waals surface area contributed by atoms with Gasteiger partial charge in [0, 0.05) is 0 Å². The smallest absolute Gasteiger partial charge is 0.290 e. The van der Waals surface area contributed by atoms with Crippen LogP contribution in [0.1, 0.15) is 36.6 Å². The summed E-state index contributed by atoms with van der Waals surface area (Å²) in [7, 11) is -4.08. The maximum absolute atomic E-state index is 12.5. The summed E-state index contributed by atoms with van der Waals surface area (Å²) in [6.07, 6.45) is 0. The Labute approximate surface area is 175 Å². The normalized spacial score (nSPS) is 11.2. The average Bonchev–Trinajstić information content (AvgIpc) is 3.07. The Kier molecular flexibility index (Phi) is 5.89. The number of anilines is 1. The van der Waals surface area contributed by atoms with Crippen LogP contribution in [0.4, 0.5) is 10.6 Å². The van der Waals surface area contributed by atoms with Crippen LogP contribution in [-0.2, 0) is 10.0 Å². The Morgan fingerprint density at radius 2 is 1.73 bits per heavy atom. The number of benzene rings is 2. The molecular formula is C21H21N5O3S. The highest BCUT2D eigenvalue weighted by molar-refractivity contribution is 7.90. The second-order valence-corrected chi connectivity index (χ2v) is 8.68. The van der Waals surface area contributed by atoms with Crippen molar-refractivity contribution in [3.8, 4) is 11.8 Å². The Bertz CT molecular complexity index is 1210. The Hall–Kier alpha value is -3.64. The van der Waals surface area contributed by atoms with Gasteiger partial charge in [0.25, 0.3) is 10.0 Å². The molecule has 3 rings (SSSR count). The molecule has 8 nitrogen and oxygen atoms in total. The van der Waals surface area contributed by atoms with E-state index in [1.54, 1.807) is 36.4 Å². The minimum Gasteiger partial charge on any atom is -0.290 e. The average molecular weight is 423 g/mol. The van der Waals surface area contributed by atoms with Crippen LogP contribution < -0.4 is 10.0 Å². The van der Waals surface area contributed by atoms with E-state index < -0.39 is 16.1 Å². The van der Waals surface area contributed by atoms with Crippen LogP contribution in [0.2, 0.25) is 0 Å². The predicted molar refractivity (Wildman–Crippen MR) is 113 cm³/mol. The molecule has 0 saturated carbocycles. The lowest BCUT2D eigenvalue weighted by Gasteiger charge is -2.11. The van der Waals surface area contributed by atoms with E-state index in [9.17, 15) is 18.5 Å². The van der Waals surface area contributed by atoms with E-state index >= 15 is 0 Å². The molecule has 1 aromatic heterocycles. The van der Waals surface area contributed by atoms with Gasteiger partial charge in [-0.15, -0.1) is 0 Å². The van der Waals surface area contributed by atoms with Crippen molar-refractivity contribution in [3.63, 3.8) is 0 Å². The third kappa shape index (κ3) is 4.34. The third-order valence-electron chi connectivity index (χ3n) is 4.36. The summed E-state index contributed by atoms with van der Waals surface area (Å²) in [5.41, 5.74) is 2.19. The fourth-order valence-corrected chi connectivity index (χ4v) is 3.76. The standard InChI is InChI=1S/C21H21N5O3S/c1-14(2)19-18(13-22)20(26(24-19)16-7-5-4-6-8-16)23-21(27)25-30(28,29)17-11-9-15(3)10-12-17/h4-12,14H,1-3H3,(H2,23,25,27). The summed E-state index contributed by atoms with van der Waals surface area (Å²) in [5, 5.41) is 16.6. The molecule has 0 spiro atoms. The lowest BCUT2D eigenvalue weighted by atomic mass is 10.1. The van der Waals surface area contributed by atoms with Crippen molar-refractivity contribution in [1.82, 2.24) is 14.5 Å². The molecule has 0 radical (unpaired) electrons. The SMILES string of the molecule is Cc1ccc(S(=O)(=O)NC(=O)Nc2c(C#N)c(C(C)C)nn2-c2ccccc2)cc1. The first-order valence-electron chi connectivity index (χ1n) is 9.22. The highest BCUT2D eigenvalue weighted by atomic mass is 32.2. The van der Waals surface area contributed by atoms with Gasteiger partial charge in [-0.3, -0.25) is 5.32 Å². The van der Waals surface area contributed by atoms with Crippen LogP contribution in [0.3, 0.4) is 0 Å². The first-order chi connectivity index (χ1) is 14.2. The number of sulfonamides is 1. The molecule has 0 aliphatic heterocycles. The molecule has 154 valence electrons. The van der Waals surface area contributed by atoms with Crippen molar-refractivity contribution in [2.75, 3.05) is 5.32 Å². The number of aryl methyl sites for hydroxylation is 1. The largest absolute Gasteiger partial charge is 0.334 e. The number of carbonyl (C=O) groups is 1. The summed E-state index contributed by atoms with van der Waals surface area (Å²) in [6, 6.07) is 16.1. The minimum atomic E-state index is -4.08. The first kappa shape index (κ1) is 21.1. The van der Waals surface area contributed by atoms with Crippen LogP contribution in [0.15, 0.2) is 59.5 Å². The van der Waals surface area contributed by atoms with Crippen molar-refractivity contribution in [2.24, 2.45) is 0 Å². The monoisotopic (exact) mass is 423 g/mol. The zero-order chi connectivity index (χ0) is 21.9.